The molecule has 5 heteroatoms. The van der Waals surface area contributed by atoms with Gasteiger partial charge in [0.2, 0.25) is 0 Å². The van der Waals surface area contributed by atoms with E-state index in [0.717, 1.165) is 6.42 Å². The predicted molar refractivity (Wildman–Crippen MR) is 51.3 cm³/mol. The second-order valence-electron chi connectivity index (χ2n) is 2.90. The quantitative estimate of drug-likeness (QED) is 0.726. The molecule has 0 aliphatic heterocycles. The highest BCUT2D eigenvalue weighted by atomic mass is 16.5. The van der Waals surface area contributed by atoms with Crippen LogP contribution >= 0.6 is 0 Å². The Balaban J connectivity index is 2.87. The third-order valence-electron chi connectivity index (χ3n) is 1.73. The number of hydrogen-bond donors (Lipinski definition) is 1. The maximum atomic E-state index is 11.3. The number of nitrogens with zero attached hydrogens (tertiary/aromatic N) is 1. The molecule has 0 aliphatic rings. The van der Waals surface area contributed by atoms with Gasteiger partial charge in [-0.15, -0.1) is 0 Å². The first-order valence-corrected chi connectivity index (χ1v) is 4.65. The summed E-state index contributed by atoms with van der Waals surface area (Å²) in [7, 11) is 0. The summed E-state index contributed by atoms with van der Waals surface area (Å²) in [5.41, 5.74) is -0.322. The fourth-order valence-corrected chi connectivity index (χ4v) is 1.15. The van der Waals surface area contributed by atoms with Gasteiger partial charge in [-0.2, -0.15) is 0 Å². The van der Waals surface area contributed by atoms with E-state index in [2.05, 4.69) is 5.10 Å². The van der Waals surface area contributed by atoms with E-state index in [4.69, 9.17) is 4.74 Å². The Morgan fingerprint density at radius 2 is 2.29 bits per heavy atom. The summed E-state index contributed by atoms with van der Waals surface area (Å²) in [6.45, 7) is 4.66. The zero-order valence-electron chi connectivity index (χ0n) is 8.37. The standard InChI is InChI=1S/C9H14N2O3/c1-3-5-11-6-7(8(12)10-11)9(13)14-4-2/h6H,3-5H2,1-2H3,(H,10,12). The van der Waals surface area contributed by atoms with E-state index in [0.29, 0.717) is 6.54 Å². The monoisotopic (exact) mass is 198 g/mol. The molecule has 1 aromatic rings. The van der Waals surface area contributed by atoms with Crippen molar-refractivity contribution in [3.8, 4) is 0 Å². The van der Waals surface area contributed by atoms with Crippen molar-refractivity contribution in [2.75, 3.05) is 6.61 Å². The Bertz CT molecular complexity index is 364. The van der Waals surface area contributed by atoms with Gasteiger partial charge in [0.15, 0.2) is 0 Å². The lowest BCUT2D eigenvalue weighted by Crippen LogP contribution is -2.15. The molecule has 5 nitrogen and oxygen atoms in total. The van der Waals surface area contributed by atoms with Crippen LogP contribution in [-0.2, 0) is 11.3 Å². The van der Waals surface area contributed by atoms with E-state index in [1.54, 1.807) is 11.6 Å². The molecule has 78 valence electrons. The normalized spacial score (nSPS) is 10.1. The van der Waals surface area contributed by atoms with Crippen LogP contribution in [0, 0.1) is 0 Å². The Kier molecular flexibility index (Phi) is 3.50. The number of rotatable bonds is 4. The number of hydrogen-bond acceptors (Lipinski definition) is 3. The first kappa shape index (κ1) is 10.6. The van der Waals surface area contributed by atoms with Crippen molar-refractivity contribution < 1.29 is 9.53 Å². The molecule has 0 spiro atoms. The molecule has 1 heterocycles. The fourth-order valence-electron chi connectivity index (χ4n) is 1.15. The summed E-state index contributed by atoms with van der Waals surface area (Å²) in [6.07, 6.45) is 2.39. The third kappa shape index (κ3) is 2.25. The number of aryl methyl sites for hydroxylation is 1. The molecular formula is C9H14N2O3. The topological polar surface area (TPSA) is 64.1 Å². The van der Waals surface area contributed by atoms with Crippen LogP contribution in [0.5, 0.6) is 0 Å². The van der Waals surface area contributed by atoms with Crippen molar-refractivity contribution in [3.63, 3.8) is 0 Å². The molecule has 0 amide bonds. The van der Waals surface area contributed by atoms with Crippen LogP contribution in [0.1, 0.15) is 30.6 Å². The molecule has 0 bridgehead atoms. The number of nitrogens with one attached hydrogen (secondary N) is 1. The van der Waals surface area contributed by atoms with Crippen LogP contribution in [0.4, 0.5) is 0 Å². The van der Waals surface area contributed by atoms with E-state index in [9.17, 15) is 9.59 Å². The Labute approximate surface area is 81.7 Å². The highest BCUT2D eigenvalue weighted by Crippen LogP contribution is 1.95. The summed E-state index contributed by atoms with van der Waals surface area (Å²) in [6, 6.07) is 0. The number of aromatic nitrogens is 2. The number of esters is 1. The lowest BCUT2D eigenvalue weighted by molar-refractivity contribution is 0.0525. The van der Waals surface area contributed by atoms with Gasteiger partial charge in [0.25, 0.3) is 5.56 Å². The molecule has 1 N–H and O–H groups in total. The largest absolute Gasteiger partial charge is 0.462 e. The van der Waals surface area contributed by atoms with Gasteiger partial charge in [-0.05, 0) is 13.3 Å². The van der Waals surface area contributed by atoms with Crippen LogP contribution in [0.2, 0.25) is 0 Å². The van der Waals surface area contributed by atoms with E-state index >= 15 is 0 Å². The average molecular weight is 198 g/mol. The molecule has 1 aromatic heterocycles. The van der Waals surface area contributed by atoms with Gasteiger partial charge in [-0.25, -0.2) is 4.79 Å². The van der Waals surface area contributed by atoms with Crippen molar-refractivity contribution in [2.24, 2.45) is 0 Å². The summed E-state index contributed by atoms with van der Waals surface area (Å²) < 4.78 is 6.32. The van der Waals surface area contributed by atoms with Gasteiger partial charge < -0.3 is 4.74 Å². The molecular weight excluding hydrogens is 184 g/mol. The first-order valence-electron chi connectivity index (χ1n) is 4.65. The Morgan fingerprint density at radius 3 is 2.86 bits per heavy atom. The molecule has 0 saturated carbocycles. The zero-order chi connectivity index (χ0) is 10.6. The van der Waals surface area contributed by atoms with E-state index in [1.807, 2.05) is 6.92 Å². The molecule has 0 saturated heterocycles. The summed E-state index contributed by atoms with van der Waals surface area (Å²) >= 11 is 0. The molecule has 14 heavy (non-hydrogen) atoms. The van der Waals surface area contributed by atoms with Crippen molar-refractivity contribution in [1.82, 2.24) is 9.78 Å². The van der Waals surface area contributed by atoms with Gasteiger partial charge in [0.1, 0.15) is 5.56 Å². The average Bonchev–Trinajstić information content (AvgIpc) is 2.48. The Morgan fingerprint density at radius 1 is 1.57 bits per heavy atom. The summed E-state index contributed by atoms with van der Waals surface area (Å²) in [5.74, 6) is -0.566. The number of H-pyrrole nitrogens is 1. The van der Waals surface area contributed by atoms with Crippen molar-refractivity contribution in [3.05, 3.63) is 22.1 Å². The first-order chi connectivity index (χ1) is 6.69. The van der Waals surface area contributed by atoms with E-state index in [1.165, 1.54) is 6.20 Å². The fraction of sp³-hybridized carbons (Fsp3) is 0.556. The van der Waals surface area contributed by atoms with E-state index in [-0.39, 0.29) is 12.2 Å². The van der Waals surface area contributed by atoms with E-state index < -0.39 is 11.5 Å². The summed E-state index contributed by atoms with van der Waals surface area (Å²) in [5, 5.41) is 2.55. The SMILES string of the molecule is CCCn1cc(C(=O)OCC)c(=O)[nH]1. The minimum atomic E-state index is -0.566. The predicted octanol–water partition coefficient (Wildman–Crippen LogP) is 0.763. The third-order valence-corrected chi connectivity index (χ3v) is 1.73. The highest BCUT2D eigenvalue weighted by molar-refractivity contribution is 5.88. The van der Waals surface area contributed by atoms with Crippen molar-refractivity contribution in [1.29, 1.82) is 0 Å². The Hall–Kier alpha value is -1.52. The number of aromatic amines is 1. The maximum Gasteiger partial charge on any atom is 0.345 e. The molecule has 0 aliphatic carbocycles. The number of carbonyl (C=O) groups is 1. The second-order valence-corrected chi connectivity index (χ2v) is 2.90. The molecule has 1 rings (SSSR count). The van der Waals surface area contributed by atoms with Crippen LogP contribution in [0.15, 0.2) is 11.0 Å². The van der Waals surface area contributed by atoms with Crippen LogP contribution in [0.25, 0.3) is 0 Å². The van der Waals surface area contributed by atoms with Crippen LogP contribution in [-0.4, -0.2) is 22.4 Å². The summed E-state index contributed by atoms with van der Waals surface area (Å²) in [4.78, 5) is 22.5. The van der Waals surface area contributed by atoms with Gasteiger partial charge in [-0.1, -0.05) is 6.92 Å². The van der Waals surface area contributed by atoms with Gasteiger partial charge in [-0.3, -0.25) is 14.6 Å². The van der Waals surface area contributed by atoms with Crippen LogP contribution in [0.3, 0.4) is 0 Å². The zero-order valence-corrected chi connectivity index (χ0v) is 8.37. The molecule has 0 aromatic carbocycles. The number of carbonyl (C=O) groups excluding carboxylic acids is 1. The molecule has 0 unspecified atom stereocenters. The minimum absolute atomic E-state index is 0.0697. The highest BCUT2D eigenvalue weighted by Gasteiger charge is 2.13. The molecule has 0 fully saturated rings. The second kappa shape index (κ2) is 4.64. The number of ether oxygens (including phenoxy) is 1. The molecule has 0 radical (unpaired) electrons. The van der Waals surface area contributed by atoms with Crippen molar-refractivity contribution in [2.45, 2.75) is 26.8 Å². The molecule has 0 atom stereocenters. The van der Waals surface area contributed by atoms with Crippen molar-refractivity contribution >= 4 is 5.97 Å². The van der Waals surface area contributed by atoms with Crippen LogP contribution < -0.4 is 5.56 Å². The minimum Gasteiger partial charge on any atom is -0.462 e. The lowest BCUT2D eigenvalue weighted by Gasteiger charge is -1.97. The van der Waals surface area contributed by atoms with Gasteiger partial charge >= 0.3 is 5.97 Å². The lowest BCUT2D eigenvalue weighted by atomic mass is 10.3. The smallest absolute Gasteiger partial charge is 0.345 e. The van der Waals surface area contributed by atoms with Gasteiger partial charge in [0.05, 0.1) is 6.61 Å². The van der Waals surface area contributed by atoms with Gasteiger partial charge in [0, 0.05) is 12.7 Å². The maximum absolute atomic E-state index is 11.3.